The summed E-state index contributed by atoms with van der Waals surface area (Å²) in [7, 11) is 0. The lowest BCUT2D eigenvalue weighted by Crippen LogP contribution is -1.92. The highest BCUT2D eigenvalue weighted by Gasteiger charge is 2.20. The Kier molecular flexibility index (Phi) is 3.00. The first kappa shape index (κ1) is 11.9. The Bertz CT molecular complexity index is 712. The maximum absolute atomic E-state index is 5.87. The average Bonchev–Trinajstić information content (AvgIpc) is 2.82. The first-order valence-electron chi connectivity index (χ1n) is 5.55. The van der Waals surface area contributed by atoms with Crippen LogP contribution in [0.1, 0.15) is 0 Å². The van der Waals surface area contributed by atoms with Crippen LogP contribution < -0.4 is 5.73 Å². The van der Waals surface area contributed by atoms with E-state index in [-0.39, 0.29) is 5.88 Å². The second kappa shape index (κ2) is 4.81. The lowest BCUT2D eigenvalue weighted by atomic mass is 10.1. The van der Waals surface area contributed by atoms with Crippen LogP contribution in [0, 0.1) is 0 Å². The SMILES string of the molecule is Nc1onc(-c2ncccn2)c1-c1ccccc1Br. The molecule has 2 aromatic heterocycles. The number of aromatic nitrogens is 3. The van der Waals surface area contributed by atoms with Gasteiger partial charge in [0.25, 0.3) is 0 Å². The molecule has 0 spiro atoms. The van der Waals surface area contributed by atoms with Crippen LogP contribution in [0.5, 0.6) is 0 Å². The third-order valence-corrected chi connectivity index (χ3v) is 3.33. The van der Waals surface area contributed by atoms with Gasteiger partial charge in [-0.3, -0.25) is 0 Å². The van der Waals surface area contributed by atoms with Gasteiger partial charge in [-0.05, 0) is 12.1 Å². The molecule has 5 nitrogen and oxygen atoms in total. The summed E-state index contributed by atoms with van der Waals surface area (Å²) in [5, 5.41) is 3.96. The molecule has 1 aromatic carbocycles. The van der Waals surface area contributed by atoms with Crippen LogP contribution in [0.2, 0.25) is 0 Å². The molecule has 19 heavy (non-hydrogen) atoms. The fourth-order valence-electron chi connectivity index (χ4n) is 1.80. The summed E-state index contributed by atoms with van der Waals surface area (Å²) in [5.74, 6) is 0.725. The Balaban J connectivity index is 2.23. The Labute approximate surface area is 117 Å². The van der Waals surface area contributed by atoms with Gasteiger partial charge in [-0.2, -0.15) is 0 Å². The van der Waals surface area contributed by atoms with Crippen molar-refractivity contribution in [3.05, 3.63) is 47.2 Å². The molecule has 3 rings (SSSR count). The fourth-order valence-corrected chi connectivity index (χ4v) is 2.28. The minimum absolute atomic E-state index is 0.245. The summed E-state index contributed by atoms with van der Waals surface area (Å²) >= 11 is 3.49. The molecule has 0 aliphatic carbocycles. The summed E-state index contributed by atoms with van der Waals surface area (Å²) in [5.41, 5.74) is 7.99. The molecule has 0 saturated carbocycles. The van der Waals surface area contributed by atoms with E-state index >= 15 is 0 Å². The van der Waals surface area contributed by atoms with E-state index in [4.69, 9.17) is 10.3 Å². The summed E-state index contributed by atoms with van der Waals surface area (Å²) in [6, 6.07) is 9.44. The van der Waals surface area contributed by atoms with Gasteiger partial charge in [-0.15, -0.1) is 0 Å². The summed E-state index contributed by atoms with van der Waals surface area (Å²) in [6.07, 6.45) is 3.30. The van der Waals surface area contributed by atoms with Crippen molar-refractivity contribution in [2.75, 3.05) is 5.73 Å². The highest BCUT2D eigenvalue weighted by atomic mass is 79.9. The van der Waals surface area contributed by atoms with Crippen molar-refractivity contribution in [1.29, 1.82) is 0 Å². The Morgan fingerprint density at radius 2 is 1.79 bits per heavy atom. The zero-order chi connectivity index (χ0) is 13.2. The quantitative estimate of drug-likeness (QED) is 0.785. The Hall–Kier alpha value is -2.21. The first-order chi connectivity index (χ1) is 9.27. The van der Waals surface area contributed by atoms with Crippen LogP contribution in [0.4, 0.5) is 5.88 Å². The average molecular weight is 317 g/mol. The standard InChI is InChI=1S/C13H9BrN4O/c14-9-5-2-1-4-8(9)10-11(18-19-12(10)15)13-16-6-3-7-17-13/h1-7H,15H2. The van der Waals surface area contributed by atoms with Crippen molar-refractivity contribution in [2.45, 2.75) is 0 Å². The summed E-state index contributed by atoms with van der Waals surface area (Å²) in [4.78, 5) is 8.35. The Morgan fingerprint density at radius 1 is 1.05 bits per heavy atom. The van der Waals surface area contributed by atoms with Crippen molar-refractivity contribution in [2.24, 2.45) is 0 Å². The molecule has 6 heteroatoms. The molecule has 0 unspecified atom stereocenters. The number of nitrogen functional groups attached to an aromatic ring is 1. The second-order valence-electron chi connectivity index (χ2n) is 3.82. The molecule has 0 fully saturated rings. The van der Waals surface area contributed by atoms with Gasteiger partial charge in [0.15, 0.2) is 11.5 Å². The topological polar surface area (TPSA) is 77.8 Å². The van der Waals surface area contributed by atoms with E-state index in [1.165, 1.54) is 0 Å². The number of rotatable bonds is 2. The van der Waals surface area contributed by atoms with Crippen LogP contribution in [-0.2, 0) is 0 Å². The van der Waals surface area contributed by atoms with Crippen molar-refractivity contribution in [3.63, 3.8) is 0 Å². The second-order valence-corrected chi connectivity index (χ2v) is 4.68. The van der Waals surface area contributed by atoms with Gasteiger partial charge in [-0.25, -0.2) is 9.97 Å². The van der Waals surface area contributed by atoms with E-state index in [1.807, 2.05) is 24.3 Å². The van der Waals surface area contributed by atoms with Crippen molar-refractivity contribution in [1.82, 2.24) is 15.1 Å². The molecule has 0 saturated heterocycles. The van der Waals surface area contributed by atoms with E-state index in [1.54, 1.807) is 18.5 Å². The van der Waals surface area contributed by atoms with Crippen LogP contribution in [0.25, 0.3) is 22.6 Å². The maximum Gasteiger partial charge on any atom is 0.230 e. The van der Waals surface area contributed by atoms with E-state index < -0.39 is 0 Å². The molecule has 94 valence electrons. The van der Waals surface area contributed by atoms with Crippen LogP contribution in [-0.4, -0.2) is 15.1 Å². The first-order valence-corrected chi connectivity index (χ1v) is 6.34. The monoisotopic (exact) mass is 316 g/mol. The number of hydrogen-bond acceptors (Lipinski definition) is 5. The predicted molar refractivity (Wildman–Crippen MR) is 75.1 cm³/mol. The summed E-state index contributed by atoms with van der Waals surface area (Å²) < 4.78 is 5.99. The molecule has 0 bridgehead atoms. The van der Waals surface area contributed by atoms with Gasteiger partial charge in [0, 0.05) is 22.4 Å². The largest absolute Gasteiger partial charge is 0.367 e. The molecular weight excluding hydrogens is 308 g/mol. The predicted octanol–water partition coefficient (Wildman–Crippen LogP) is 3.14. The zero-order valence-corrected chi connectivity index (χ0v) is 11.3. The molecule has 0 aliphatic heterocycles. The molecule has 2 N–H and O–H groups in total. The number of halogens is 1. The van der Waals surface area contributed by atoms with Crippen LogP contribution in [0.3, 0.4) is 0 Å². The number of nitrogens with zero attached hydrogens (tertiary/aromatic N) is 3. The Morgan fingerprint density at radius 3 is 2.53 bits per heavy atom. The van der Waals surface area contributed by atoms with Gasteiger partial charge < -0.3 is 10.3 Å². The number of anilines is 1. The van der Waals surface area contributed by atoms with Crippen LogP contribution in [0.15, 0.2) is 51.7 Å². The van der Waals surface area contributed by atoms with E-state index in [9.17, 15) is 0 Å². The van der Waals surface area contributed by atoms with E-state index in [0.29, 0.717) is 17.1 Å². The van der Waals surface area contributed by atoms with Crippen molar-refractivity contribution in [3.8, 4) is 22.6 Å². The fraction of sp³-hybridized carbons (Fsp3) is 0. The van der Waals surface area contributed by atoms with Gasteiger partial charge in [0.2, 0.25) is 5.88 Å². The lowest BCUT2D eigenvalue weighted by molar-refractivity contribution is 0.439. The minimum Gasteiger partial charge on any atom is -0.367 e. The van der Waals surface area contributed by atoms with Gasteiger partial charge >= 0.3 is 0 Å². The molecule has 3 aromatic rings. The third kappa shape index (κ3) is 2.10. The van der Waals surface area contributed by atoms with Crippen molar-refractivity contribution >= 4 is 21.8 Å². The number of benzene rings is 1. The van der Waals surface area contributed by atoms with Crippen molar-refractivity contribution < 1.29 is 4.52 Å². The molecule has 0 aliphatic rings. The zero-order valence-electron chi connectivity index (χ0n) is 9.75. The normalized spacial score (nSPS) is 10.6. The lowest BCUT2D eigenvalue weighted by Gasteiger charge is -2.03. The highest BCUT2D eigenvalue weighted by molar-refractivity contribution is 9.10. The molecule has 2 heterocycles. The smallest absolute Gasteiger partial charge is 0.230 e. The molecular formula is C13H9BrN4O. The maximum atomic E-state index is 5.87. The number of nitrogens with two attached hydrogens (primary N) is 1. The van der Waals surface area contributed by atoms with Crippen LogP contribution >= 0.6 is 15.9 Å². The van der Waals surface area contributed by atoms with Gasteiger partial charge in [0.05, 0.1) is 5.56 Å². The van der Waals surface area contributed by atoms with E-state index in [2.05, 4.69) is 31.1 Å². The summed E-state index contributed by atoms with van der Waals surface area (Å²) in [6.45, 7) is 0. The van der Waals surface area contributed by atoms with Gasteiger partial charge in [0.1, 0.15) is 0 Å². The minimum atomic E-state index is 0.245. The molecule has 0 atom stereocenters. The van der Waals surface area contributed by atoms with E-state index in [0.717, 1.165) is 10.0 Å². The molecule has 0 amide bonds. The number of hydrogen-bond donors (Lipinski definition) is 1. The van der Waals surface area contributed by atoms with Gasteiger partial charge in [-0.1, -0.05) is 39.3 Å². The highest BCUT2D eigenvalue weighted by Crippen LogP contribution is 2.38. The third-order valence-electron chi connectivity index (χ3n) is 2.64. The molecule has 0 radical (unpaired) electrons.